The highest BCUT2D eigenvalue weighted by molar-refractivity contribution is 6.17. The predicted octanol–water partition coefficient (Wildman–Crippen LogP) is 13.3. The smallest absolute Gasteiger partial charge is 0.238 e. The minimum atomic E-state index is 0.555. The van der Waals surface area contributed by atoms with Crippen LogP contribution < -0.4 is 0 Å². The molecule has 0 aliphatic carbocycles. The molecule has 260 valence electrons. The minimum absolute atomic E-state index is 0.555. The summed E-state index contributed by atoms with van der Waals surface area (Å²) >= 11 is 0. The van der Waals surface area contributed by atoms with Crippen LogP contribution in [0.15, 0.2) is 186 Å². The lowest BCUT2D eigenvalue weighted by Gasteiger charge is -2.13. The van der Waals surface area contributed by atoms with Crippen LogP contribution in [0.25, 0.3) is 116 Å². The van der Waals surface area contributed by atoms with Gasteiger partial charge >= 0.3 is 0 Å². The van der Waals surface area contributed by atoms with Gasteiger partial charge < -0.3 is 4.42 Å². The second-order valence-electron chi connectivity index (χ2n) is 14.5. The first-order chi connectivity index (χ1) is 27.7. The maximum absolute atomic E-state index is 6.40. The zero-order valence-corrected chi connectivity index (χ0v) is 30.0. The summed E-state index contributed by atoms with van der Waals surface area (Å²) in [7, 11) is 0. The summed E-state index contributed by atoms with van der Waals surface area (Å²) < 4.78 is 8.65. The van der Waals surface area contributed by atoms with E-state index in [2.05, 4.69) is 174 Å². The summed E-state index contributed by atoms with van der Waals surface area (Å²) in [4.78, 5) is 15.9. The largest absolute Gasteiger partial charge is 0.456 e. The molecule has 0 bridgehead atoms. The molecule has 12 aromatic rings. The van der Waals surface area contributed by atoms with Gasteiger partial charge in [0.1, 0.15) is 11.2 Å². The number of fused-ring (bicyclic) bond motifs is 9. The van der Waals surface area contributed by atoms with E-state index < -0.39 is 0 Å². The number of rotatable bonds is 4. The molecule has 0 unspecified atom stereocenters. The summed E-state index contributed by atoms with van der Waals surface area (Å²) in [5.41, 5.74) is 7.74. The highest BCUT2D eigenvalue weighted by atomic mass is 16.3. The van der Waals surface area contributed by atoms with Crippen LogP contribution >= 0.6 is 0 Å². The molecule has 0 amide bonds. The van der Waals surface area contributed by atoms with Crippen LogP contribution in [-0.2, 0) is 0 Å². The zero-order valence-electron chi connectivity index (χ0n) is 30.0. The van der Waals surface area contributed by atoms with Gasteiger partial charge in [-0.2, -0.15) is 9.97 Å². The van der Waals surface area contributed by atoms with Gasteiger partial charge in [-0.15, -0.1) is 0 Å². The Morgan fingerprint density at radius 3 is 1.61 bits per heavy atom. The molecule has 3 heterocycles. The highest BCUT2D eigenvalue weighted by Crippen LogP contribution is 2.41. The normalized spacial score (nSPS) is 11.9. The van der Waals surface area contributed by atoms with E-state index in [-0.39, 0.29) is 0 Å². The van der Waals surface area contributed by atoms with Crippen LogP contribution in [-0.4, -0.2) is 19.5 Å². The molecule has 56 heavy (non-hydrogen) atoms. The maximum atomic E-state index is 6.40. The topological polar surface area (TPSA) is 56.7 Å². The molecule has 0 radical (unpaired) electrons. The van der Waals surface area contributed by atoms with E-state index in [0.29, 0.717) is 17.6 Å². The van der Waals surface area contributed by atoms with E-state index in [1.165, 1.54) is 16.2 Å². The molecule has 0 aliphatic rings. The molecular formula is C51H30N4O. The molecule has 0 spiro atoms. The van der Waals surface area contributed by atoms with Crippen molar-refractivity contribution in [2.45, 2.75) is 0 Å². The summed E-state index contributed by atoms with van der Waals surface area (Å²) in [5.74, 6) is 1.78. The minimum Gasteiger partial charge on any atom is -0.456 e. The van der Waals surface area contributed by atoms with Crippen molar-refractivity contribution in [1.82, 2.24) is 19.5 Å². The van der Waals surface area contributed by atoms with Crippen molar-refractivity contribution >= 4 is 76.1 Å². The van der Waals surface area contributed by atoms with Gasteiger partial charge in [-0.3, -0.25) is 4.57 Å². The quantitative estimate of drug-likeness (QED) is 0.182. The summed E-state index contributed by atoms with van der Waals surface area (Å²) in [5, 5.41) is 11.4. The average molecular weight is 715 g/mol. The summed E-state index contributed by atoms with van der Waals surface area (Å²) in [6.45, 7) is 0. The molecular weight excluding hydrogens is 685 g/mol. The molecule has 0 saturated heterocycles. The molecule has 5 heteroatoms. The maximum Gasteiger partial charge on any atom is 0.238 e. The SMILES string of the molecule is c1ccc2cc(-c3nc(-c4ccc5ccccc5c4)nc(-n4c5cc6ccccc6cc5c5cccc(-c6ccc7c(c6)oc6ccccc67)c54)n3)ccc2c1. The Morgan fingerprint density at radius 2 is 0.911 bits per heavy atom. The van der Waals surface area contributed by atoms with Crippen LogP contribution in [0.2, 0.25) is 0 Å². The number of hydrogen-bond acceptors (Lipinski definition) is 4. The second-order valence-corrected chi connectivity index (χ2v) is 14.5. The first-order valence-corrected chi connectivity index (χ1v) is 18.8. The van der Waals surface area contributed by atoms with Crippen molar-refractivity contribution in [1.29, 1.82) is 0 Å². The summed E-state index contributed by atoms with van der Waals surface area (Å²) in [6.07, 6.45) is 0. The second kappa shape index (κ2) is 11.9. The fraction of sp³-hybridized carbons (Fsp3) is 0. The first-order valence-electron chi connectivity index (χ1n) is 18.8. The molecule has 0 aliphatic heterocycles. The lowest BCUT2D eigenvalue weighted by Crippen LogP contribution is -2.07. The highest BCUT2D eigenvalue weighted by Gasteiger charge is 2.22. The van der Waals surface area contributed by atoms with Gasteiger partial charge in [0.05, 0.1) is 11.0 Å². The Morgan fingerprint density at radius 1 is 0.357 bits per heavy atom. The van der Waals surface area contributed by atoms with Crippen molar-refractivity contribution in [3.63, 3.8) is 0 Å². The number of nitrogens with zero attached hydrogens (tertiary/aromatic N) is 4. The van der Waals surface area contributed by atoms with E-state index in [0.717, 1.165) is 82.2 Å². The Labute approximate surface area is 320 Å². The van der Waals surface area contributed by atoms with E-state index in [4.69, 9.17) is 19.4 Å². The van der Waals surface area contributed by atoms with Gasteiger partial charge in [0.25, 0.3) is 0 Å². The van der Waals surface area contributed by atoms with E-state index >= 15 is 0 Å². The number of hydrogen-bond donors (Lipinski definition) is 0. The molecule has 3 aromatic heterocycles. The Bertz CT molecular complexity index is 3460. The Kier molecular flexibility index (Phi) is 6.56. The standard InChI is InChI=1S/C51H30N4O/c1-3-12-33-26-38(22-20-31(33)10-1)49-52-50(39-23-21-32-11-2-4-13-34(32)27-39)54-51(53-49)55-45-29-36-15-6-5-14-35(36)28-44(45)43-18-9-17-40(48(43)55)37-24-25-42-41-16-7-8-19-46(41)56-47(42)30-37/h1-30H. The van der Waals surface area contributed by atoms with Gasteiger partial charge in [0.2, 0.25) is 5.95 Å². The Balaban J connectivity index is 1.18. The van der Waals surface area contributed by atoms with Crippen LogP contribution in [0.1, 0.15) is 0 Å². The number of para-hydroxylation sites is 2. The zero-order chi connectivity index (χ0) is 36.7. The van der Waals surface area contributed by atoms with Gasteiger partial charge in [0.15, 0.2) is 11.6 Å². The average Bonchev–Trinajstić information content (AvgIpc) is 3.80. The van der Waals surface area contributed by atoms with Crippen molar-refractivity contribution < 1.29 is 4.42 Å². The lowest BCUT2D eigenvalue weighted by atomic mass is 10.00. The van der Waals surface area contributed by atoms with Crippen molar-refractivity contribution in [2.24, 2.45) is 0 Å². The number of aromatic nitrogens is 4. The molecule has 0 fully saturated rings. The summed E-state index contributed by atoms with van der Waals surface area (Å²) in [6, 6.07) is 64.0. The van der Waals surface area contributed by atoms with E-state index in [1.54, 1.807) is 0 Å². The first kappa shape index (κ1) is 30.8. The molecule has 9 aromatic carbocycles. The van der Waals surface area contributed by atoms with Gasteiger partial charge in [-0.05, 0) is 80.3 Å². The fourth-order valence-electron chi connectivity index (χ4n) is 8.47. The molecule has 0 atom stereocenters. The van der Waals surface area contributed by atoms with Gasteiger partial charge in [-0.25, -0.2) is 4.98 Å². The van der Waals surface area contributed by atoms with Crippen molar-refractivity contribution in [3.05, 3.63) is 182 Å². The van der Waals surface area contributed by atoms with Gasteiger partial charge in [-0.1, -0.05) is 140 Å². The van der Waals surface area contributed by atoms with Crippen LogP contribution in [0.5, 0.6) is 0 Å². The Hall–Kier alpha value is -7.63. The van der Waals surface area contributed by atoms with Crippen LogP contribution in [0.4, 0.5) is 0 Å². The molecule has 0 saturated carbocycles. The van der Waals surface area contributed by atoms with Crippen LogP contribution in [0, 0.1) is 0 Å². The fourth-order valence-corrected chi connectivity index (χ4v) is 8.47. The third-order valence-corrected chi connectivity index (χ3v) is 11.2. The molecule has 5 nitrogen and oxygen atoms in total. The van der Waals surface area contributed by atoms with Crippen LogP contribution in [0.3, 0.4) is 0 Å². The van der Waals surface area contributed by atoms with E-state index in [1.807, 2.05) is 12.1 Å². The monoisotopic (exact) mass is 714 g/mol. The van der Waals surface area contributed by atoms with Gasteiger partial charge in [0, 0.05) is 38.2 Å². The van der Waals surface area contributed by atoms with Crippen molar-refractivity contribution in [3.8, 4) is 39.9 Å². The predicted molar refractivity (Wildman–Crippen MR) is 230 cm³/mol. The molecule has 12 rings (SSSR count). The third kappa shape index (κ3) is 4.78. The lowest BCUT2D eigenvalue weighted by molar-refractivity contribution is 0.669. The number of benzene rings is 9. The van der Waals surface area contributed by atoms with E-state index in [9.17, 15) is 0 Å². The number of furan rings is 1. The third-order valence-electron chi connectivity index (χ3n) is 11.2. The van der Waals surface area contributed by atoms with Crippen molar-refractivity contribution in [2.75, 3.05) is 0 Å². The molecule has 0 N–H and O–H groups in total.